The van der Waals surface area contributed by atoms with E-state index < -0.39 is 6.04 Å². The van der Waals surface area contributed by atoms with Gasteiger partial charge in [0.05, 0.1) is 12.3 Å². The molecule has 0 radical (unpaired) electrons. The molecule has 0 aromatic heterocycles. The Morgan fingerprint density at radius 3 is 2.72 bits per heavy atom. The highest BCUT2D eigenvalue weighted by Crippen LogP contribution is 2.17. The second-order valence-electron chi connectivity index (χ2n) is 5.63. The number of anilines is 1. The fourth-order valence-electron chi connectivity index (χ4n) is 1.99. The van der Waals surface area contributed by atoms with E-state index in [1.807, 2.05) is 0 Å². The third-order valence-corrected chi connectivity index (χ3v) is 3.52. The fourth-order valence-corrected chi connectivity index (χ4v) is 1.99. The first-order chi connectivity index (χ1) is 11.7. The quantitative estimate of drug-likeness (QED) is 0.363. The second kappa shape index (κ2) is 9.58. The number of halogens is 1. The molecule has 7 heteroatoms. The summed E-state index contributed by atoms with van der Waals surface area (Å²) in [6.45, 7) is 11.3. The highest BCUT2D eigenvalue weighted by Gasteiger charge is 2.18. The molecule has 0 fully saturated rings. The lowest BCUT2D eigenvalue weighted by molar-refractivity contribution is -0.119. The number of carbonyl (C=O) groups excluding carboxylic acids is 1. The minimum absolute atomic E-state index is 0.157. The molecule has 0 bridgehead atoms. The molecule has 1 amide bonds. The van der Waals surface area contributed by atoms with Crippen LogP contribution in [0.2, 0.25) is 0 Å². The van der Waals surface area contributed by atoms with Crippen LogP contribution in [0, 0.1) is 12.7 Å². The molecule has 1 rings (SSSR count). The van der Waals surface area contributed by atoms with E-state index in [1.165, 1.54) is 17.2 Å². The van der Waals surface area contributed by atoms with Gasteiger partial charge in [0, 0.05) is 25.8 Å². The first-order valence-electron chi connectivity index (χ1n) is 7.84. The molecule has 0 saturated heterocycles. The number of aliphatic hydroxyl groups excluding tert-OH is 1. The van der Waals surface area contributed by atoms with E-state index in [0.29, 0.717) is 30.2 Å². The molecule has 0 aliphatic carbocycles. The third kappa shape index (κ3) is 6.76. The van der Waals surface area contributed by atoms with E-state index in [4.69, 9.17) is 5.11 Å². The third-order valence-electron chi connectivity index (χ3n) is 3.52. The fraction of sp³-hybridized carbons (Fsp3) is 0.333. The molecule has 1 aromatic carbocycles. The van der Waals surface area contributed by atoms with Crippen LogP contribution in [-0.2, 0) is 4.79 Å². The Bertz CT molecular complexity index is 673. The van der Waals surface area contributed by atoms with E-state index in [-0.39, 0.29) is 17.5 Å². The van der Waals surface area contributed by atoms with Gasteiger partial charge in [-0.15, -0.1) is 0 Å². The molecular weight excluding hydrogens is 323 g/mol. The van der Waals surface area contributed by atoms with Crippen LogP contribution in [0.1, 0.15) is 12.5 Å². The van der Waals surface area contributed by atoms with Crippen LogP contribution >= 0.6 is 0 Å². The van der Waals surface area contributed by atoms with Crippen LogP contribution in [0.25, 0.3) is 0 Å². The van der Waals surface area contributed by atoms with Crippen molar-refractivity contribution in [3.63, 3.8) is 0 Å². The summed E-state index contributed by atoms with van der Waals surface area (Å²) in [7, 11) is 1.61. The molecule has 6 nitrogen and oxygen atoms in total. The van der Waals surface area contributed by atoms with E-state index in [9.17, 15) is 9.18 Å². The number of likely N-dealkylation sites (N-methyl/N-ethyl adjacent to an activating group) is 1. The number of rotatable bonds is 9. The number of hydrogen-bond donors (Lipinski definition) is 3. The van der Waals surface area contributed by atoms with Crippen molar-refractivity contribution in [3.05, 3.63) is 54.3 Å². The van der Waals surface area contributed by atoms with Crippen molar-refractivity contribution in [2.75, 3.05) is 25.0 Å². The number of aliphatic hydroxyl groups is 1. The number of carbonyl (C=O) groups is 1. The summed E-state index contributed by atoms with van der Waals surface area (Å²) < 4.78 is 13.6. The predicted molar refractivity (Wildman–Crippen MR) is 99.4 cm³/mol. The molecule has 0 heterocycles. The highest BCUT2D eigenvalue weighted by molar-refractivity contribution is 5.96. The van der Waals surface area contributed by atoms with Gasteiger partial charge < -0.3 is 20.6 Å². The zero-order valence-electron chi connectivity index (χ0n) is 14.8. The average molecular weight is 348 g/mol. The second-order valence-corrected chi connectivity index (χ2v) is 5.63. The van der Waals surface area contributed by atoms with Crippen LogP contribution in [0.4, 0.5) is 10.1 Å². The van der Waals surface area contributed by atoms with Crippen molar-refractivity contribution in [3.8, 4) is 0 Å². The summed E-state index contributed by atoms with van der Waals surface area (Å²) in [4.78, 5) is 17.6. The van der Waals surface area contributed by atoms with Gasteiger partial charge in [-0.1, -0.05) is 19.2 Å². The first-order valence-corrected chi connectivity index (χ1v) is 7.84. The van der Waals surface area contributed by atoms with E-state index in [0.717, 1.165) is 0 Å². The lowest BCUT2D eigenvalue weighted by atomic mass is 10.2. The number of nitrogens with one attached hydrogen (secondary N) is 2. The molecule has 1 unspecified atom stereocenters. The Morgan fingerprint density at radius 2 is 2.12 bits per heavy atom. The zero-order chi connectivity index (χ0) is 19.0. The van der Waals surface area contributed by atoms with Crippen LogP contribution in [0.3, 0.4) is 0 Å². The number of aliphatic imine (C=N–C) groups is 1. The Balaban J connectivity index is 2.44. The lowest BCUT2D eigenvalue weighted by Crippen LogP contribution is -2.45. The van der Waals surface area contributed by atoms with Gasteiger partial charge in [0.15, 0.2) is 0 Å². The topological polar surface area (TPSA) is 77.0 Å². The summed E-state index contributed by atoms with van der Waals surface area (Å²) >= 11 is 0. The first kappa shape index (κ1) is 20.4. The smallest absolute Gasteiger partial charge is 0.243 e. The van der Waals surface area contributed by atoms with Crippen LogP contribution in [-0.4, -0.2) is 43.4 Å². The van der Waals surface area contributed by atoms with Gasteiger partial charge in [-0.25, -0.2) is 9.38 Å². The molecule has 136 valence electrons. The van der Waals surface area contributed by atoms with Crippen molar-refractivity contribution in [1.82, 2.24) is 10.6 Å². The largest absolute Gasteiger partial charge is 0.507 e. The van der Waals surface area contributed by atoms with E-state index in [2.05, 4.69) is 28.8 Å². The number of benzene rings is 1. The lowest BCUT2D eigenvalue weighted by Gasteiger charge is -2.22. The Morgan fingerprint density at radius 1 is 1.44 bits per heavy atom. The molecule has 25 heavy (non-hydrogen) atoms. The maximum atomic E-state index is 13.6. The molecule has 0 aliphatic heterocycles. The Kier molecular flexibility index (Phi) is 7.81. The SMILES string of the molecule is C=C(O)/C=N\C(=C)NCCNC(C)C(=O)N(C)c1ccc(C)c(F)c1. The van der Waals surface area contributed by atoms with Gasteiger partial charge in [-0.2, -0.15) is 0 Å². The summed E-state index contributed by atoms with van der Waals surface area (Å²) in [5, 5.41) is 14.9. The predicted octanol–water partition coefficient (Wildman–Crippen LogP) is 2.28. The zero-order valence-corrected chi connectivity index (χ0v) is 14.8. The standard InChI is InChI=1S/C18H25FN4O2/c1-12-6-7-16(10-17(12)19)23(5)18(25)14(3)20-8-9-21-15(4)22-11-13(2)24/h6-7,10-11,14,20-21,24H,2,4,8-9H2,1,3,5H3/b22-11-. The Hall–Kier alpha value is -2.67. The minimum atomic E-state index is -0.440. The van der Waals surface area contributed by atoms with Gasteiger partial charge in [-0.05, 0) is 31.5 Å². The average Bonchev–Trinajstić information content (AvgIpc) is 2.57. The van der Waals surface area contributed by atoms with Gasteiger partial charge in [0.2, 0.25) is 5.91 Å². The molecule has 0 saturated carbocycles. The number of hydrogen-bond acceptors (Lipinski definition) is 5. The molecule has 1 aromatic rings. The van der Waals surface area contributed by atoms with Crippen molar-refractivity contribution >= 4 is 17.8 Å². The summed E-state index contributed by atoms with van der Waals surface area (Å²) in [6, 6.07) is 4.26. The highest BCUT2D eigenvalue weighted by atomic mass is 19.1. The van der Waals surface area contributed by atoms with E-state index in [1.54, 1.807) is 33.0 Å². The summed E-state index contributed by atoms with van der Waals surface area (Å²) in [5.74, 6) is -0.289. The van der Waals surface area contributed by atoms with Gasteiger partial charge >= 0.3 is 0 Å². The Labute approximate surface area is 147 Å². The van der Waals surface area contributed by atoms with Gasteiger partial charge in [0.25, 0.3) is 0 Å². The summed E-state index contributed by atoms with van der Waals surface area (Å²) in [5.41, 5.74) is 1.04. The van der Waals surface area contributed by atoms with Crippen LogP contribution in [0.15, 0.2) is 47.9 Å². The number of aryl methyl sites for hydroxylation is 1. The molecular formula is C18H25FN4O2. The maximum absolute atomic E-state index is 13.6. The minimum Gasteiger partial charge on any atom is -0.507 e. The molecule has 3 N–H and O–H groups in total. The molecule has 1 atom stereocenters. The van der Waals surface area contributed by atoms with Gasteiger partial charge in [-0.3, -0.25) is 4.79 Å². The van der Waals surface area contributed by atoms with Crippen molar-refractivity contribution in [1.29, 1.82) is 0 Å². The van der Waals surface area contributed by atoms with Crippen molar-refractivity contribution < 1.29 is 14.3 Å². The van der Waals surface area contributed by atoms with Crippen LogP contribution in [0.5, 0.6) is 0 Å². The van der Waals surface area contributed by atoms with Gasteiger partial charge in [0.1, 0.15) is 17.4 Å². The van der Waals surface area contributed by atoms with E-state index >= 15 is 0 Å². The maximum Gasteiger partial charge on any atom is 0.243 e. The number of amides is 1. The molecule has 0 aliphatic rings. The summed E-state index contributed by atoms with van der Waals surface area (Å²) in [6.07, 6.45) is 1.19. The normalized spacial score (nSPS) is 12.0. The number of nitrogens with zero attached hydrogens (tertiary/aromatic N) is 2. The van der Waals surface area contributed by atoms with Crippen molar-refractivity contribution in [2.45, 2.75) is 19.9 Å². The van der Waals surface area contributed by atoms with Crippen molar-refractivity contribution in [2.24, 2.45) is 4.99 Å². The molecule has 0 spiro atoms. The van der Waals surface area contributed by atoms with Crippen LogP contribution < -0.4 is 15.5 Å². The number of allylic oxidation sites excluding steroid dienone is 1. The monoisotopic (exact) mass is 348 g/mol.